The average Bonchev–Trinajstić information content (AvgIpc) is 2.64. The minimum atomic E-state index is -5.60. The highest BCUT2D eigenvalue weighted by molar-refractivity contribution is 8.14. The van der Waals surface area contributed by atoms with E-state index in [-0.39, 0.29) is 0 Å². The number of rotatable bonds is 10. The van der Waals surface area contributed by atoms with Gasteiger partial charge < -0.3 is 64.4 Å². The topological polar surface area (TPSA) is 242 Å². The van der Waals surface area contributed by atoms with Crippen LogP contribution in [0.4, 0.5) is 0 Å². The Balaban J connectivity index is -0.000000572. The van der Waals surface area contributed by atoms with Crippen LogP contribution in [0.15, 0.2) is 12.3 Å². The van der Waals surface area contributed by atoms with E-state index >= 15 is 0 Å². The lowest BCUT2D eigenvalue weighted by Crippen LogP contribution is -2.91. The molecule has 0 radical (unpaired) electrons. The van der Waals surface area contributed by atoms with Gasteiger partial charge in [0.2, 0.25) is 8.32 Å². The maximum Gasteiger partial charge on any atom is 0.483 e. The monoisotopic (exact) mass is 628 g/mol. The van der Waals surface area contributed by atoms with E-state index in [1.807, 2.05) is 5.70 Å². The van der Waals surface area contributed by atoms with Gasteiger partial charge in [0.25, 0.3) is 0 Å². The number of hydrogen-bond donors (Lipinski definition) is 6. The van der Waals surface area contributed by atoms with Gasteiger partial charge in [-0.2, -0.15) is 0 Å². The Morgan fingerprint density at radius 1 is 0.688 bits per heavy atom. The van der Waals surface area contributed by atoms with Crippen molar-refractivity contribution < 1.29 is 64.4 Å². The van der Waals surface area contributed by atoms with Crippen LogP contribution >= 0.6 is 0 Å². The van der Waals surface area contributed by atoms with Gasteiger partial charge in [-0.15, -0.1) is 6.58 Å². The molecule has 0 amide bonds. The van der Waals surface area contributed by atoms with Gasteiger partial charge >= 0.3 is 63.0 Å². The van der Waals surface area contributed by atoms with Crippen LogP contribution in [0.1, 0.15) is 0 Å². The SMILES string of the molecule is C=C[Si](C)(C)OC.CO[SiH](C)C.O=[Si](O)[Si]([Si](=O)O)([Si](=O)O)[Si]([Si](=O)O)([Si](=O)O)[Si](=O)O. The molecule has 184 valence electrons. The van der Waals surface area contributed by atoms with E-state index < -0.39 is 80.3 Å². The first-order valence-corrected chi connectivity index (χ1v) is 33.3. The van der Waals surface area contributed by atoms with Crippen molar-refractivity contribution in [3.63, 3.8) is 0 Å². The van der Waals surface area contributed by atoms with Crippen molar-refractivity contribution in [2.45, 2.75) is 26.2 Å². The molecule has 0 aliphatic carbocycles. The van der Waals surface area contributed by atoms with Crippen LogP contribution in [-0.4, -0.2) is 123 Å². The molecule has 0 aromatic carbocycles. The first-order chi connectivity index (χ1) is 14.3. The van der Waals surface area contributed by atoms with Gasteiger partial charge in [-0.25, -0.2) is 0 Å². The van der Waals surface area contributed by atoms with Crippen molar-refractivity contribution >= 4 is 80.3 Å². The molecule has 0 aliphatic heterocycles. The summed E-state index contributed by atoms with van der Waals surface area (Å²) in [5.74, 6) is 0. The molecule has 14 nitrogen and oxygen atoms in total. The molecule has 0 aromatic rings. The molecule has 0 atom stereocenters. The van der Waals surface area contributed by atoms with Gasteiger partial charge in [-0.3, -0.25) is 0 Å². The molecule has 0 spiro atoms. The van der Waals surface area contributed by atoms with Crippen molar-refractivity contribution in [1.82, 2.24) is 0 Å². The average molecular weight is 629 g/mol. The van der Waals surface area contributed by atoms with Crippen LogP contribution < -0.4 is 0 Å². The Bertz CT molecular complexity index is 632. The van der Waals surface area contributed by atoms with Crippen molar-refractivity contribution in [2.75, 3.05) is 14.2 Å². The highest BCUT2D eigenvalue weighted by Gasteiger charge is 2.91. The molecule has 32 heavy (non-hydrogen) atoms. The highest BCUT2D eigenvalue weighted by atomic mass is 30.4. The summed E-state index contributed by atoms with van der Waals surface area (Å²) < 4.78 is 78.3. The molecule has 6 N–H and O–H groups in total. The lowest BCUT2D eigenvalue weighted by atomic mass is 11.3. The summed E-state index contributed by atoms with van der Waals surface area (Å²) in [6.07, 6.45) is -11.2. The van der Waals surface area contributed by atoms with Gasteiger partial charge in [0.1, 0.15) is 0 Å². The van der Waals surface area contributed by atoms with E-state index in [1.165, 1.54) is 0 Å². The first-order valence-electron chi connectivity index (χ1n) is 8.42. The fraction of sp³-hybridized carbons (Fsp3) is 0.750. The molecule has 0 rings (SSSR count). The van der Waals surface area contributed by atoms with Crippen LogP contribution in [0, 0.1) is 0 Å². The van der Waals surface area contributed by atoms with Crippen LogP contribution in [0.3, 0.4) is 0 Å². The van der Waals surface area contributed by atoms with E-state index in [2.05, 4.69) is 32.8 Å². The first kappa shape index (κ1) is 36.0. The lowest BCUT2D eigenvalue weighted by Gasteiger charge is -2.23. The summed E-state index contributed by atoms with van der Waals surface area (Å²) in [6.45, 7) is 12.1. The zero-order valence-electron chi connectivity index (χ0n) is 18.3. The Labute approximate surface area is 196 Å². The largest absolute Gasteiger partial charge is 0.542 e. The van der Waals surface area contributed by atoms with Crippen LogP contribution in [-0.2, 0) is 35.6 Å². The summed E-state index contributed by atoms with van der Waals surface area (Å²) in [4.78, 5) is 54.9. The summed E-state index contributed by atoms with van der Waals surface area (Å²) in [7, 11) is -25.6. The normalized spacial score (nSPS) is 11.1. The van der Waals surface area contributed by atoms with Gasteiger partial charge in [0.15, 0.2) is 9.04 Å². The van der Waals surface area contributed by atoms with Crippen LogP contribution in [0.25, 0.3) is 0 Å². The van der Waals surface area contributed by atoms with E-state index in [9.17, 15) is 26.8 Å². The van der Waals surface area contributed by atoms with E-state index in [0.29, 0.717) is 0 Å². The maximum atomic E-state index is 11.4. The Morgan fingerprint density at radius 2 is 0.875 bits per heavy atom. The molecule has 0 unspecified atom stereocenters. The third-order valence-corrected chi connectivity index (χ3v) is 102. The van der Waals surface area contributed by atoms with Crippen molar-refractivity contribution in [1.29, 1.82) is 0 Å². The smallest absolute Gasteiger partial charge is 0.483 e. The molecule has 0 bridgehead atoms. The summed E-state index contributed by atoms with van der Waals surface area (Å²) in [5, 5.41) is 0. The van der Waals surface area contributed by atoms with Gasteiger partial charge in [0, 0.05) is 14.2 Å². The van der Waals surface area contributed by atoms with Gasteiger partial charge in [-0.1, -0.05) is 5.70 Å². The Morgan fingerprint density at radius 3 is 0.906 bits per heavy atom. The van der Waals surface area contributed by atoms with Crippen molar-refractivity contribution in [3.05, 3.63) is 12.3 Å². The predicted octanol–water partition coefficient (Wildman–Crippen LogP) is -4.92. The molecule has 0 saturated carbocycles. The van der Waals surface area contributed by atoms with Crippen LogP contribution in [0.2, 0.25) is 26.2 Å². The second kappa shape index (κ2) is 15.4. The molecule has 0 heterocycles. The zero-order valence-corrected chi connectivity index (χ0v) is 28.5. The minimum absolute atomic E-state index is 0.650. The minimum Gasteiger partial charge on any atom is -0.542 e. The van der Waals surface area contributed by atoms with E-state index in [1.54, 1.807) is 14.2 Å². The number of hydrogen-bond acceptors (Lipinski definition) is 8. The molecule has 0 saturated heterocycles. The highest BCUT2D eigenvalue weighted by Crippen LogP contribution is 2.18. The fourth-order valence-corrected chi connectivity index (χ4v) is 93.0. The Kier molecular flexibility index (Phi) is 17.3. The quantitative estimate of drug-likeness (QED) is 0.124. The summed E-state index contributed by atoms with van der Waals surface area (Å²) in [5.41, 5.74) is 1.91. The molecule has 24 heteroatoms. The standard InChI is InChI=1S/C5H12OSi.C3H10OSi.H6O12Si8/c1-5-7(3,4)6-2;1-4-5(2)3;1-13(2)19(14(3)4,15(5)6)20(16(7)8,17(9)10)18(11)12/h5H,1H2,2-4H3;5H,1-3H3;1,3,5,7,9,11H. The molecular formula is C8H28O14Si10. The van der Waals surface area contributed by atoms with E-state index in [0.717, 1.165) is 0 Å². The zero-order chi connectivity index (χ0) is 26.7. The van der Waals surface area contributed by atoms with Crippen LogP contribution in [0.5, 0.6) is 0 Å². The molecule has 0 fully saturated rings. The Hall–Kier alpha value is -0.571. The summed E-state index contributed by atoms with van der Waals surface area (Å²) >= 11 is 0. The second-order valence-electron chi connectivity index (χ2n) is 6.63. The van der Waals surface area contributed by atoms with Gasteiger partial charge in [-0.05, 0) is 26.2 Å². The van der Waals surface area contributed by atoms with Crippen molar-refractivity contribution in [2.24, 2.45) is 0 Å². The molecular weight excluding hydrogens is 601 g/mol. The van der Waals surface area contributed by atoms with E-state index in [4.69, 9.17) is 37.6 Å². The van der Waals surface area contributed by atoms with Crippen molar-refractivity contribution in [3.8, 4) is 0 Å². The predicted molar refractivity (Wildman–Crippen MR) is 124 cm³/mol. The van der Waals surface area contributed by atoms with Gasteiger partial charge in [0.05, 0.1) is 0 Å². The second-order valence-corrected chi connectivity index (χ2v) is 63.6. The third kappa shape index (κ3) is 8.65. The summed E-state index contributed by atoms with van der Waals surface area (Å²) in [6, 6.07) is 0. The lowest BCUT2D eigenvalue weighted by molar-refractivity contribution is 0.415. The fourth-order valence-electron chi connectivity index (χ4n) is 1.59. The maximum absolute atomic E-state index is 11.4. The third-order valence-electron chi connectivity index (χ3n) is 3.98. The molecule has 0 aromatic heterocycles. The molecule has 0 aliphatic rings.